The van der Waals surface area contributed by atoms with Crippen LogP contribution in [0.1, 0.15) is 73.0 Å². The normalized spacial score (nSPS) is 18.7. The summed E-state index contributed by atoms with van der Waals surface area (Å²) >= 11 is 0. The number of aryl methyl sites for hydroxylation is 1. The fourth-order valence-corrected chi connectivity index (χ4v) is 6.60. The first-order chi connectivity index (χ1) is 21.5. The Bertz CT molecular complexity index is 1700. The number of aromatic nitrogens is 3. The molecule has 3 aliphatic rings. The summed E-state index contributed by atoms with van der Waals surface area (Å²) in [6, 6.07) is 12.0. The van der Waals surface area contributed by atoms with Gasteiger partial charge in [-0.1, -0.05) is 0 Å². The smallest absolute Gasteiger partial charge is 0.193 e. The van der Waals surface area contributed by atoms with Crippen molar-refractivity contribution in [2.24, 2.45) is 0 Å². The second-order valence-corrected chi connectivity index (χ2v) is 12.7. The molecule has 0 radical (unpaired) electrons. The molecule has 8 nitrogen and oxygen atoms in total. The molecule has 1 N–H and O–H groups in total. The number of hydrogen-bond acceptors (Lipinski definition) is 7. The summed E-state index contributed by atoms with van der Waals surface area (Å²) in [6.45, 7) is 4.76. The number of aliphatic hydroxyl groups is 1. The fraction of sp³-hybridized carbons (Fsp3) is 0.457. The van der Waals surface area contributed by atoms with Gasteiger partial charge in [0.05, 0.1) is 24.0 Å². The number of piperidine rings is 1. The van der Waals surface area contributed by atoms with E-state index in [2.05, 4.69) is 37.5 Å². The second kappa shape index (κ2) is 12.3. The number of fused-ring (bicyclic) bond motifs is 1. The van der Waals surface area contributed by atoms with Crippen LogP contribution in [0.2, 0.25) is 0 Å². The summed E-state index contributed by atoms with van der Waals surface area (Å²) in [7, 11) is 0. The van der Waals surface area contributed by atoms with Crippen molar-refractivity contribution < 1.29 is 14.2 Å². The molecule has 230 valence electrons. The van der Waals surface area contributed by atoms with Crippen molar-refractivity contribution in [1.29, 1.82) is 0 Å². The van der Waals surface area contributed by atoms with Gasteiger partial charge in [0, 0.05) is 85.0 Å². The van der Waals surface area contributed by atoms with Crippen LogP contribution in [0, 0.1) is 12.7 Å². The molecular formula is C35H40FN5O3. The summed E-state index contributed by atoms with van der Waals surface area (Å²) in [4.78, 5) is 28.0. The monoisotopic (exact) mass is 597 g/mol. The highest BCUT2D eigenvalue weighted by Crippen LogP contribution is 2.40. The zero-order valence-corrected chi connectivity index (χ0v) is 25.3. The van der Waals surface area contributed by atoms with Gasteiger partial charge in [0.2, 0.25) is 0 Å². The zero-order valence-electron chi connectivity index (χ0n) is 25.3. The Morgan fingerprint density at radius 3 is 2.66 bits per heavy atom. The van der Waals surface area contributed by atoms with Crippen molar-refractivity contribution in [2.45, 2.75) is 76.5 Å². The molecule has 1 atom stereocenters. The molecule has 2 saturated carbocycles. The second-order valence-electron chi connectivity index (χ2n) is 12.7. The van der Waals surface area contributed by atoms with E-state index in [1.54, 1.807) is 6.07 Å². The van der Waals surface area contributed by atoms with Crippen LogP contribution in [0.4, 0.5) is 10.1 Å². The van der Waals surface area contributed by atoms with Gasteiger partial charge in [-0.15, -0.1) is 0 Å². The molecule has 44 heavy (non-hydrogen) atoms. The average Bonchev–Trinajstić information content (AvgIpc) is 3.96. The van der Waals surface area contributed by atoms with Gasteiger partial charge in [0.25, 0.3) is 0 Å². The number of rotatable bonds is 11. The largest absolute Gasteiger partial charge is 0.488 e. The quantitative estimate of drug-likeness (QED) is 0.245. The van der Waals surface area contributed by atoms with Gasteiger partial charge in [-0.05, 0) is 81.3 Å². The molecular weight excluding hydrogens is 557 g/mol. The SMILES string of the molecule is Cc1cc(CN(Cc2cn(C3CC3)c3cc(OCCO)c(F)cc3c2=O)C2CCCN(c3ccc(C4CC4)nc3)C2)ccn1. The Balaban J connectivity index is 1.22. The minimum atomic E-state index is -0.587. The Kier molecular flexibility index (Phi) is 8.08. The lowest BCUT2D eigenvalue weighted by Gasteiger charge is -2.40. The van der Waals surface area contributed by atoms with Gasteiger partial charge in [-0.3, -0.25) is 19.7 Å². The van der Waals surface area contributed by atoms with Crippen LogP contribution in [0.25, 0.3) is 10.9 Å². The maximum Gasteiger partial charge on any atom is 0.193 e. The van der Waals surface area contributed by atoms with E-state index in [0.717, 1.165) is 55.7 Å². The van der Waals surface area contributed by atoms with Crippen molar-refractivity contribution >= 4 is 16.6 Å². The highest BCUT2D eigenvalue weighted by atomic mass is 19.1. The third kappa shape index (κ3) is 6.21. The molecule has 3 aromatic heterocycles. The van der Waals surface area contributed by atoms with E-state index in [1.807, 2.05) is 31.6 Å². The lowest BCUT2D eigenvalue weighted by atomic mass is 10.0. The summed E-state index contributed by atoms with van der Waals surface area (Å²) in [6.07, 6.45) is 12.5. The molecule has 4 aromatic rings. The van der Waals surface area contributed by atoms with E-state index < -0.39 is 5.82 Å². The van der Waals surface area contributed by atoms with Crippen molar-refractivity contribution in [3.63, 3.8) is 0 Å². The highest BCUT2D eigenvalue weighted by Gasteiger charge is 2.30. The van der Waals surface area contributed by atoms with Gasteiger partial charge >= 0.3 is 0 Å². The van der Waals surface area contributed by atoms with E-state index in [9.17, 15) is 9.90 Å². The maximum atomic E-state index is 15.1. The minimum Gasteiger partial charge on any atom is -0.488 e. The zero-order chi connectivity index (χ0) is 30.2. The molecule has 1 saturated heterocycles. The average molecular weight is 598 g/mol. The van der Waals surface area contributed by atoms with Crippen LogP contribution in [-0.2, 0) is 13.1 Å². The van der Waals surface area contributed by atoms with Crippen molar-refractivity contribution in [1.82, 2.24) is 19.4 Å². The number of pyridine rings is 3. The molecule has 2 aliphatic carbocycles. The van der Waals surface area contributed by atoms with Crippen molar-refractivity contribution in [3.8, 4) is 5.75 Å². The van der Waals surface area contributed by atoms with Crippen LogP contribution < -0.4 is 15.1 Å². The van der Waals surface area contributed by atoms with Gasteiger partial charge < -0.3 is 19.3 Å². The van der Waals surface area contributed by atoms with E-state index in [0.29, 0.717) is 35.5 Å². The predicted molar refractivity (Wildman–Crippen MR) is 169 cm³/mol. The first kappa shape index (κ1) is 28.9. The highest BCUT2D eigenvalue weighted by molar-refractivity contribution is 5.81. The summed E-state index contributed by atoms with van der Waals surface area (Å²) in [5, 5.41) is 9.54. The fourth-order valence-electron chi connectivity index (χ4n) is 6.60. The minimum absolute atomic E-state index is 0.00323. The lowest BCUT2D eigenvalue weighted by molar-refractivity contribution is 0.158. The molecule has 3 fully saturated rings. The number of aliphatic hydroxyl groups excluding tert-OH is 1. The van der Waals surface area contributed by atoms with E-state index in [-0.39, 0.29) is 36.5 Å². The number of nitrogens with zero attached hydrogens (tertiary/aromatic N) is 5. The van der Waals surface area contributed by atoms with Crippen LogP contribution >= 0.6 is 0 Å². The summed E-state index contributed by atoms with van der Waals surface area (Å²) in [5.74, 6) is 0.105. The first-order valence-corrected chi connectivity index (χ1v) is 15.9. The van der Waals surface area contributed by atoms with Gasteiger partial charge in [-0.25, -0.2) is 4.39 Å². The lowest BCUT2D eigenvalue weighted by Crippen LogP contribution is -2.48. The molecule has 0 spiro atoms. The van der Waals surface area contributed by atoms with Crippen LogP contribution in [0.5, 0.6) is 5.75 Å². The molecule has 1 aliphatic heterocycles. The first-order valence-electron chi connectivity index (χ1n) is 15.9. The maximum absolute atomic E-state index is 15.1. The molecule has 4 heterocycles. The Morgan fingerprint density at radius 1 is 1.07 bits per heavy atom. The molecule has 1 unspecified atom stereocenters. The van der Waals surface area contributed by atoms with Gasteiger partial charge in [-0.2, -0.15) is 0 Å². The molecule has 9 heteroatoms. The topological polar surface area (TPSA) is 83.7 Å². The number of ether oxygens (including phenoxy) is 1. The number of benzene rings is 1. The Hall–Kier alpha value is -3.82. The Morgan fingerprint density at radius 2 is 1.93 bits per heavy atom. The molecule has 1 aromatic carbocycles. The predicted octanol–water partition coefficient (Wildman–Crippen LogP) is 5.49. The van der Waals surface area contributed by atoms with E-state index in [4.69, 9.17) is 9.72 Å². The summed E-state index contributed by atoms with van der Waals surface area (Å²) in [5.41, 5.74) is 5.67. The summed E-state index contributed by atoms with van der Waals surface area (Å²) < 4.78 is 22.7. The van der Waals surface area contributed by atoms with Crippen LogP contribution in [0.15, 0.2) is 59.8 Å². The molecule has 0 bridgehead atoms. The Labute approximate surface area is 257 Å². The van der Waals surface area contributed by atoms with Gasteiger partial charge in [0.15, 0.2) is 17.0 Å². The molecule has 7 rings (SSSR count). The number of halogens is 1. The molecule has 0 amide bonds. The van der Waals surface area contributed by atoms with Crippen LogP contribution in [-0.4, -0.2) is 56.9 Å². The third-order valence-corrected chi connectivity index (χ3v) is 9.21. The standard InChI is InChI=1S/C35H40FN5O3/c1-23-15-24(10-11-37-23)19-40(29-3-2-12-39(22-29)28-8-9-32(38-18-28)25-4-5-25)20-26-21-41(27-6-7-27)33-17-34(44-14-13-42)31(36)16-30(33)35(26)43/h8-11,15-18,21,25,27,29,42H,2-7,12-14,19-20,22H2,1H3. The number of anilines is 1. The van der Waals surface area contributed by atoms with E-state index >= 15 is 4.39 Å². The van der Waals surface area contributed by atoms with Crippen molar-refractivity contribution in [2.75, 3.05) is 31.2 Å². The van der Waals surface area contributed by atoms with E-state index in [1.165, 1.54) is 24.6 Å². The van der Waals surface area contributed by atoms with Gasteiger partial charge in [0.1, 0.15) is 6.61 Å². The number of hydrogen-bond donors (Lipinski definition) is 1. The third-order valence-electron chi connectivity index (χ3n) is 9.21. The van der Waals surface area contributed by atoms with Crippen LogP contribution in [0.3, 0.4) is 0 Å². The van der Waals surface area contributed by atoms with Crippen molar-refractivity contribution in [3.05, 3.63) is 93.5 Å².